The molecule has 0 saturated carbocycles. The number of ether oxygens (including phenoxy) is 1. The van der Waals surface area contributed by atoms with E-state index in [0.717, 1.165) is 51.6 Å². The number of amides is 1. The number of hydrogen-bond acceptors (Lipinski definition) is 4. The molecule has 0 aromatic heterocycles. The molecule has 7 nitrogen and oxygen atoms in total. The van der Waals surface area contributed by atoms with E-state index in [1.807, 2.05) is 7.05 Å². The third-order valence-electron chi connectivity index (χ3n) is 5.83. The minimum Gasteiger partial charge on any atom is -0.373 e. The molecular formula is C18H34IN5O2. The number of piperidine rings is 1. The van der Waals surface area contributed by atoms with E-state index in [2.05, 4.69) is 25.4 Å². The van der Waals surface area contributed by atoms with E-state index >= 15 is 0 Å². The summed E-state index contributed by atoms with van der Waals surface area (Å²) in [5, 5.41) is 6.22. The fourth-order valence-corrected chi connectivity index (χ4v) is 4.26. The number of rotatable bonds is 4. The smallest absolute Gasteiger partial charge is 0.220 e. The maximum absolute atomic E-state index is 11.5. The van der Waals surface area contributed by atoms with Crippen LogP contribution in [0.5, 0.6) is 0 Å². The molecule has 0 aliphatic carbocycles. The Morgan fingerprint density at radius 2 is 2.00 bits per heavy atom. The van der Waals surface area contributed by atoms with Crippen molar-refractivity contribution in [3.8, 4) is 0 Å². The summed E-state index contributed by atoms with van der Waals surface area (Å²) in [5.74, 6) is 1.60. The van der Waals surface area contributed by atoms with Gasteiger partial charge in [0, 0.05) is 52.7 Å². The van der Waals surface area contributed by atoms with E-state index in [1.165, 1.54) is 19.4 Å². The Morgan fingerprint density at radius 3 is 2.69 bits per heavy atom. The molecule has 0 aromatic carbocycles. The second-order valence-electron chi connectivity index (χ2n) is 7.48. The molecule has 1 amide bonds. The Labute approximate surface area is 174 Å². The number of nitrogens with one attached hydrogen (secondary N) is 2. The highest BCUT2D eigenvalue weighted by atomic mass is 127. The van der Waals surface area contributed by atoms with Crippen LogP contribution < -0.4 is 10.6 Å². The average Bonchev–Trinajstić information content (AvgIpc) is 3.11. The quantitative estimate of drug-likeness (QED) is 0.356. The third-order valence-corrected chi connectivity index (χ3v) is 5.83. The first-order chi connectivity index (χ1) is 12.2. The molecule has 0 bridgehead atoms. The van der Waals surface area contributed by atoms with Gasteiger partial charge in [-0.3, -0.25) is 14.7 Å². The fourth-order valence-electron chi connectivity index (χ4n) is 4.26. The number of nitrogens with zero attached hydrogens (tertiary/aromatic N) is 3. The summed E-state index contributed by atoms with van der Waals surface area (Å²) < 4.78 is 6.03. The number of aliphatic imine (C=N–C) groups is 1. The molecule has 3 heterocycles. The SMILES string of the molecule is CN=C(NCC1CN2CCCC2CO1)N1CCC(CC(=O)NC)CC1.I. The van der Waals surface area contributed by atoms with E-state index in [9.17, 15) is 4.79 Å². The number of hydrogen-bond donors (Lipinski definition) is 2. The lowest BCUT2D eigenvalue weighted by atomic mass is 9.93. The second kappa shape index (κ2) is 10.7. The van der Waals surface area contributed by atoms with Gasteiger partial charge in [-0.2, -0.15) is 0 Å². The van der Waals surface area contributed by atoms with Crippen LogP contribution in [0.25, 0.3) is 0 Å². The van der Waals surface area contributed by atoms with Crippen molar-refractivity contribution in [1.29, 1.82) is 0 Å². The lowest BCUT2D eigenvalue weighted by Crippen LogP contribution is -2.52. The summed E-state index contributed by atoms with van der Waals surface area (Å²) in [4.78, 5) is 20.9. The normalized spacial score (nSPS) is 27.6. The molecule has 2 N–H and O–H groups in total. The number of carbonyl (C=O) groups is 1. The number of likely N-dealkylation sites (tertiary alicyclic amines) is 1. The van der Waals surface area contributed by atoms with Crippen LogP contribution in [0.1, 0.15) is 32.1 Å². The van der Waals surface area contributed by atoms with Crippen LogP contribution in [0.4, 0.5) is 0 Å². The van der Waals surface area contributed by atoms with E-state index in [4.69, 9.17) is 4.74 Å². The topological polar surface area (TPSA) is 69.2 Å². The molecule has 2 atom stereocenters. The molecule has 3 aliphatic heterocycles. The average molecular weight is 479 g/mol. The maximum atomic E-state index is 11.5. The zero-order valence-corrected chi connectivity index (χ0v) is 18.4. The summed E-state index contributed by atoms with van der Waals surface area (Å²) in [6.45, 7) is 5.85. The Hall–Kier alpha value is -0.610. The van der Waals surface area contributed by atoms with E-state index in [-0.39, 0.29) is 36.0 Å². The number of fused-ring (bicyclic) bond motifs is 1. The Kier molecular flexibility index (Phi) is 8.89. The third kappa shape index (κ3) is 5.69. The predicted octanol–water partition coefficient (Wildman–Crippen LogP) is 0.891. The van der Waals surface area contributed by atoms with Gasteiger partial charge in [0.2, 0.25) is 5.91 Å². The van der Waals surface area contributed by atoms with Crippen LogP contribution in [0.15, 0.2) is 4.99 Å². The van der Waals surface area contributed by atoms with Crippen LogP contribution in [-0.2, 0) is 9.53 Å². The number of carbonyl (C=O) groups excluding carboxylic acids is 1. The lowest BCUT2D eigenvalue weighted by Gasteiger charge is -2.37. The lowest BCUT2D eigenvalue weighted by molar-refractivity contribution is -0.121. The first-order valence-corrected chi connectivity index (χ1v) is 9.71. The largest absolute Gasteiger partial charge is 0.373 e. The van der Waals surface area contributed by atoms with Crippen LogP contribution in [0.2, 0.25) is 0 Å². The van der Waals surface area contributed by atoms with Gasteiger partial charge in [0.1, 0.15) is 0 Å². The van der Waals surface area contributed by atoms with Crippen molar-refractivity contribution in [3.05, 3.63) is 0 Å². The molecular weight excluding hydrogens is 445 g/mol. The molecule has 3 saturated heterocycles. The first kappa shape index (κ1) is 21.7. The Balaban J connectivity index is 0.00000243. The number of halogens is 1. The van der Waals surface area contributed by atoms with Crippen molar-refractivity contribution < 1.29 is 9.53 Å². The number of morpholine rings is 1. The standard InChI is InChI=1S/C18H33N5O2.HI/c1-19-17(24)10-14-5-8-22(9-6-14)18(20-2)21-11-16-12-23-7-3-4-15(23)13-25-16;/h14-16H,3-13H2,1-2H3,(H,19,24)(H,20,21);1H. The van der Waals surface area contributed by atoms with Crippen LogP contribution in [0.3, 0.4) is 0 Å². The molecule has 3 fully saturated rings. The molecule has 0 spiro atoms. The van der Waals surface area contributed by atoms with Crippen molar-refractivity contribution in [2.45, 2.75) is 44.2 Å². The summed E-state index contributed by atoms with van der Waals surface area (Å²) in [6.07, 6.45) is 5.57. The molecule has 8 heteroatoms. The first-order valence-electron chi connectivity index (χ1n) is 9.71. The minimum atomic E-state index is 0. The molecule has 0 radical (unpaired) electrons. The van der Waals surface area contributed by atoms with Gasteiger partial charge in [-0.15, -0.1) is 24.0 Å². The van der Waals surface area contributed by atoms with Gasteiger partial charge < -0.3 is 20.3 Å². The van der Waals surface area contributed by atoms with Gasteiger partial charge >= 0.3 is 0 Å². The van der Waals surface area contributed by atoms with Crippen molar-refractivity contribution in [1.82, 2.24) is 20.4 Å². The van der Waals surface area contributed by atoms with E-state index in [0.29, 0.717) is 18.4 Å². The van der Waals surface area contributed by atoms with Gasteiger partial charge in [-0.25, -0.2) is 0 Å². The molecule has 0 aromatic rings. The molecule has 3 aliphatic rings. The zero-order chi connectivity index (χ0) is 17.6. The van der Waals surface area contributed by atoms with Gasteiger partial charge in [-0.05, 0) is 38.1 Å². The van der Waals surface area contributed by atoms with Gasteiger partial charge in [0.05, 0.1) is 12.7 Å². The molecule has 3 rings (SSSR count). The van der Waals surface area contributed by atoms with Crippen molar-refractivity contribution in [3.63, 3.8) is 0 Å². The Morgan fingerprint density at radius 1 is 1.23 bits per heavy atom. The van der Waals surface area contributed by atoms with Crippen molar-refractivity contribution in [2.24, 2.45) is 10.9 Å². The molecule has 26 heavy (non-hydrogen) atoms. The van der Waals surface area contributed by atoms with Crippen molar-refractivity contribution >= 4 is 35.8 Å². The monoisotopic (exact) mass is 479 g/mol. The van der Waals surface area contributed by atoms with Crippen molar-refractivity contribution in [2.75, 3.05) is 53.4 Å². The summed E-state index contributed by atoms with van der Waals surface area (Å²) in [5.41, 5.74) is 0. The van der Waals surface area contributed by atoms with E-state index in [1.54, 1.807) is 7.05 Å². The molecule has 150 valence electrons. The van der Waals surface area contributed by atoms with Crippen LogP contribution in [0, 0.1) is 5.92 Å². The van der Waals surface area contributed by atoms with Gasteiger partial charge in [0.15, 0.2) is 5.96 Å². The van der Waals surface area contributed by atoms with Gasteiger partial charge in [0.25, 0.3) is 0 Å². The fraction of sp³-hybridized carbons (Fsp3) is 0.889. The summed E-state index contributed by atoms with van der Waals surface area (Å²) >= 11 is 0. The van der Waals surface area contributed by atoms with E-state index < -0.39 is 0 Å². The zero-order valence-electron chi connectivity index (χ0n) is 16.1. The molecule has 2 unspecified atom stereocenters. The summed E-state index contributed by atoms with van der Waals surface area (Å²) in [7, 11) is 3.55. The second-order valence-corrected chi connectivity index (χ2v) is 7.48. The maximum Gasteiger partial charge on any atom is 0.220 e. The minimum absolute atomic E-state index is 0. The summed E-state index contributed by atoms with van der Waals surface area (Å²) in [6, 6.07) is 0.648. The van der Waals surface area contributed by atoms with Crippen LogP contribution in [-0.4, -0.2) is 87.2 Å². The number of guanidine groups is 1. The highest BCUT2D eigenvalue weighted by Gasteiger charge is 2.32. The highest BCUT2D eigenvalue weighted by Crippen LogP contribution is 2.23. The highest BCUT2D eigenvalue weighted by molar-refractivity contribution is 14.0. The van der Waals surface area contributed by atoms with Gasteiger partial charge in [-0.1, -0.05) is 0 Å². The predicted molar refractivity (Wildman–Crippen MR) is 114 cm³/mol. The van der Waals surface area contributed by atoms with Crippen LogP contribution >= 0.6 is 24.0 Å². The Bertz CT molecular complexity index is 482.